The van der Waals surface area contributed by atoms with E-state index in [-0.39, 0.29) is 0 Å². The van der Waals surface area contributed by atoms with Gasteiger partial charge in [0.2, 0.25) is 0 Å². The summed E-state index contributed by atoms with van der Waals surface area (Å²) in [6, 6.07) is 1.68. The first-order valence-electron chi connectivity index (χ1n) is 5.21. The molecular formula is C11H12Cl2N4. The van der Waals surface area contributed by atoms with Crippen molar-refractivity contribution >= 4 is 29.0 Å². The third-order valence-electron chi connectivity index (χ3n) is 2.31. The molecule has 0 amide bonds. The van der Waals surface area contributed by atoms with Gasteiger partial charge in [-0.1, -0.05) is 23.2 Å². The Labute approximate surface area is 110 Å². The van der Waals surface area contributed by atoms with Gasteiger partial charge in [0.15, 0.2) is 5.82 Å². The molecule has 0 fully saturated rings. The van der Waals surface area contributed by atoms with Gasteiger partial charge >= 0.3 is 0 Å². The number of hydrogen-bond acceptors (Lipinski definition) is 3. The number of hydrogen-bond donors (Lipinski definition) is 1. The number of nitrogens with zero attached hydrogens (tertiary/aromatic N) is 3. The Hall–Kier alpha value is -1.26. The van der Waals surface area contributed by atoms with E-state index in [0.29, 0.717) is 27.4 Å². The van der Waals surface area contributed by atoms with Crippen LogP contribution in [0.3, 0.4) is 0 Å². The highest BCUT2D eigenvalue weighted by atomic mass is 35.5. The number of halogens is 2. The highest BCUT2D eigenvalue weighted by Crippen LogP contribution is 2.31. The molecule has 2 heterocycles. The van der Waals surface area contributed by atoms with E-state index in [9.17, 15) is 0 Å². The lowest BCUT2D eigenvalue weighted by molar-refractivity contribution is 0.917. The van der Waals surface area contributed by atoms with Crippen molar-refractivity contribution < 1.29 is 0 Å². The van der Waals surface area contributed by atoms with Crippen LogP contribution >= 0.6 is 23.2 Å². The van der Waals surface area contributed by atoms with Gasteiger partial charge in [-0.15, -0.1) is 0 Å². The van der Waals surface area contributed by atoms with Crippen LogP contribution in [0.2, 0.25) is 10.0 Å². The molecule has 0 saturated carbocycles. The molecule has 0 radical (unpaired) electrons. The summed E-state index contributed by atoms with van der Waals surface area (Å²) in [5.74, 6) is 1.34. The van der Waals surface area contributed by atoms with Crippen LogP contribution in [0.4, 0.5) is 5.82 Å². The minimum absolute atomic E-state index is 0.492. The standard InChI is InChI=1S/C11H12Cl2N4/c1-3-14-10-8(13)6-7(12)9(16-10)11-15-4-5-17(11)2/h4-6H,3H2,1-2H3,(H,14,16). The van der Waals surface area contributed by atoms with Crippen LogP contribution < -0.4 is 5.32 Å². The molecule has 0 aliphatic rings. The van der Waals surface area contributed by atoms with E-state index in [0.717, 1.165) is 6.54 Å². The summed E-state index contributed by atoms with van der Waals surface area (Å²) in [5, 5.41) is 4.09. The zero-order valence-corrected chi connectivity index (χ0v) is 11.0. The number of aryl methyl sites for hydroxylation is 1. The summed E-state index contributed by atoms with van der Waals surface area (Å²) in [4.78, 5) is 8.63. The van der Waals surface area contributed by atoms with Crippen molar-refractivity contribution in [2.75, 3.05) is 11.9 Å². The largest absolute Gasteiger partial charge is 0.369 e. The number of nitrogens with one attached hydrogen (secondary N) is 1. The van der Waals surface area contributed by atoms with E-state index in [2.05, 4.69) is 15.3 Å². The normalized spacial score (nSPS) is 10.6. The fourth-order valence-corrected chi connectivity index (χ4v) is 2.02. The maximum Gasteiger partial charge on any atom is 0.160 e. The van der Waals surface area contributed by atoms with Gasteiger partial charge in [-0.3, -0.25) is 0 Å². The first kappa shape index (κ1) is 12.2. The van der Waals surface area contributed by atoms with Crippen molar-refractivity contribution in [3.63, 3.8) is 0 Å². The average Bonchev–Trinajstić information content (AvgIpc) is 2.69. The molecule has 0 bridgehead atoms. The van der Waals surface area contributed by atoms with E-state index < -0.39 is 0 Å². The van der Waals surface area contributed by atoms with Gasteiger partial charge in [0.1, 0.15) is 11.5 Å². The minimum atomic E-state index is 0.492. The minimum Gasteiger partial charge on any atom is -0.369 e. The van der Waals surface area contributed by atoms with Crippen molar-refractivity contribution in [3.8, 4) is 11.5 Å². The fraction of sp³-hybridized carbons (Fsp3) is 0.273. The molecule has 1 N–H and O–H groups in total. The number of rotatable bonds is 3. The molecule has 17 heavy (non-hydrogen) atoms. The van der Waals surface area contributed by atoms with Crippen LogP contribution in [0.1, 0.15) is 6.92 Å². The SMILES string of the molecule is CCNc1nc(-c2nccn2C)c(Cl)cc1Cl. The fourth-order valence-electron chi connectivity index (χ4n) is 1.51. The second-order valence-electron chi connectivity index (χ2n) is 3.54. The average molecular weight is 271 g/mol. The number of pyridine rings is 1. The van der Waals surface area contributed by atoms with Gasteiger partial charge in [0.05, 0.1) is 10.0 Å². The molecule has 0 aliphatic heterocycles. The first-order valence-corrected chi connectivity index (χ1v) is 5.96. The number of aromatic nitrogens is 3. The molecule has 2 aromatic heterocycles. The van der Waals surface area contributed by atoms with Crippen molar-refractivity contribution in [3.05, 3.63) is 28.5 Å². The Kier molecular flexibility index (Phi) is 3.54. The molecule has 2 rings (SSSR count). The summed E-state index contributed by atoms with van der Waals surface area (Å²) in [7, 11) is 1.89. The zero-order chi connectivity index (χ0) is 12.4. The summed E-state index contributed by atoms with van der Waals surface area (Å²) in [6.45, 7) is 2.72. The van der Waals surface area contributed by atoms with Crippen LogP contribution in [-0.4, -0.2) is 21.1 Å². The molecule has 0 unspecified atom stereocenters. The third-order valence-corrected chi connectivity index (χ3v) is 2.88. The molecular weight excluding hydrogens is 259 g/mol. The van der Waals surface area contributed by atoms with Crippen LogP contribution in [0.15, 0.2) is 18.5 Å². The van der Waals surface area contributed by atoms with E-state index >= 15 is 0 Å². The van der Waals surface area contributed by atoms with E-state index in [1.54, 1.807) is 12.3 Å². The molecule has 0 aliphatic carbocycles. The first-order chi connectivity index (χ1) is 8.13. The Morgan fingerprint density at radius 2 is 2.12 bits per heavy atom. The van der Waals surface area contributed by atoms with Gasteiger partial charge < -0.3 is 9.88 Å². The maximum atomic E-state index is 6.14. The van der Waals surface area contributed by atoms with Crippen LogP contribution in [0, 0.1) is 0 Å². The monoisotopic (exact) mass is 270 g/mol. The molecule has 0 atom stereocenters. The smallest absolute Gasteiger partial charge is 0.160 e. The van der Waals surface area contributed by atoms with Gasteiger partial charge in [-0.25, -0.2) is 9.97 Å². The lowest BCUT2D eigenvalue weighted by Gasteiger charge is -2.09. The van der Waals surface area contributed by atoms with Gasteiger partial charge in [-0.05, 0) is 13.0 Å². The number of anilines is 1. The molecule has 2 aromatic rings. The Morgan fingerprint density at radius 3 is 2.71 bits per heavy atom. The molecule has 6 heteroatoms. The topological polar surface area (TPSA) is 42.7 Å². The van der Waals surface area contributed by atoms with Crippen LogP contribution in [-0.2, 0) is 7.05 Å². The van der Waals surface area contributed by atoms with Gasteiger partial charge in [0, 0.05) is 26.0 Å². The predicted octanol–water partition coefficient (Wildman–Crippen LogP) is 3.22. The third kappa shape index (κ3) is 2.37. The molecule has 0 spiro atoms. The highest BCUT2D eigenvalue weighted by Gasteiger charge is 2.13. The Balaban J connectivity index is 2.54. The van der Waals surface area contributed by atoms with E-state index in [1.165, 1.54) is 0 Å². The molecule has 0 aromatic carbocycles. The van der Waals surface area contributed by atoms with Crippen LogP contribution in [0.5, 0.6) is 0 Å². The van der Waals surface area contributed by atoms with Crippen molar-refractivity contribution in [2.45, 2.75) is 6.92 Å². The summed E-state index contributed by atoms with van der Waals surface area (Å²) < 4.78 is 1.86. The lowest BCUT2D eigenvalue weighted by Crippen LogP contribution is -2.03. The second kappa shape index (κ2) is 4.94. The van der Waals surface area contributed by atoms with Crippen molar-refractivity contribution in [1.29, 1.82) is 0 Å². The van der Waals surface area contributed by atoms with Gasteiger partial charge in [-0.2, -0.15) is 0 Å². The molecule has 0 saturated heterocycles. The van der Waals surface area contributed by atoms with E-state index in [4.69, 9.17) is 23.2 Å². The van der Waals surface area contributed by atoms with Crippen molar-refractivity contribution in [1.82, 2.24) is 14.5 Å². The zero-order valence-electron chi connectivity index (χ0n) is 9.54. The second-order valence-corrected chi connectivity index (χ2v) is 4.36. The summed E-state index contributed by atoms with van der Waals surface area (Å²) in [6.07, 6.45) is 3.55. The van der Waals surface area contributed by atoms with Gasteiger partial charge in [0.25, 0.3) is 0 Å². The van der Waals surface area contributed by atoms with Crippen LogP contribution in [0.25, 0.3) is 11.5 Å². The maximum absolute atomic E-state index is 6.14. The highest BCUT2D eigenvalue weighted by molar-refractivity contribution is 6.37. The summed E-state index contributed by atoms with van der Waals surface area (Å²) in [5.41, 5.74) is 0.625. The molecule has 90 valence electrons. The van der Waals surface area contributed by atoms with E-state index in [1.807, 2.05) is 24.7 Å². The summed E-state index contributed by atoms with van der Waals surface area (Å²) >= 11 is 12.2. The predicted molar refractivity (Wildman–Crippen MR) is 70.6 cm³/mol. The lowest BCUT2D eigenvalue weighted by atomic mass is 10.3. The quantitative estimate of drug-likeness (QED) is 0.932. The Bertz CT molecular complexity index is 536. The number of imidazole rings is 1. The Morgan fingerprint density at radius 1 is 1.35 bits per heavy atom. The molecule has 4 nitrogen and oxygen atoms in total. The van der Waals surface area contributed by atoms with Crippen molar-refractivity contribution in [2.24, 2.45) is 7.05 Å².